The van der Waals surface area contributed by atoms with E-state index in [2.05, 4.69) is 15.4 Å². The van der Waals surface area contributed by atoms with Gasteiger partial charge in [-0.1, -0.05) is 30.3 Å². The predicted octanol–water partition coefficient (Wildman–Crippen LogP) is 3.22. The van der Waals surface area contributed by atoms with Crippen molar-refractivity contribution in [2.75, 3.05) is 20.7 Å². The van der Waals surface area contributed by atoms with Gasteiger partial charge in [-0.05, 0) is 42.7 Å². The smallest absolute Gasteiger partial charge is 0.317 e. The molecule has 0 saturated heterocycles. The maximum absolute atomic E-state index is 12.5. The van der Waals surface area contributed by atoms with E-state index in [9.17, 15) is 4.79 Å². The Morgan fingerprint density at radius 2 is 1.96 bits per heavy atom. The van der Waals surface area contributed by atoms with Gasteiger partial charge in [0, 0.05) is 13.6 Å². The van der Waals surface area contributed by atoms with Crippen molar-refractivity contribution in [2.45, 2.75) is 19.4 Å². The van der Waals surface area contributed by atoms with Crippen LogP contribution < -0.4 is 10.1 Å². The average molecular weight is 379 g/mol. The molecule has 1 aromatic heterocycles. The van der Waals surface area contributed by atoms with Crippen LogP contribution in [-0.4, -0.2) is 46.4 Å². The van der Waals surface area contributed by atoms with Gasteiger partial charge in [-0.3, -0.25) is 0 Å². The summed E-state index contributed by atoms with van der Waals surface area (Å²) in [5, 5.41) is 7.09. The van der Waals surface area contributed by atoms with Crippen LogP contribution in [0.15, 0.2) is 61.2 Å². The number of carbonyl (C=O) groups excluding carboxylic acids is 1. The molecule has 0 bridgehead atoms. The van der Waals surface area contributed by atoms with Crippen molar-refractivity contribution >= 4 is 6.03 Å². The summed E-state index contributed by atoms with van der Waals surface area (Å²) >= 11 is 0. The number of nitrogens with one attached hydrogen (secondary N) is 1. The first-order chi connectivity index (χ1) is 13.6. The minimum Gasteiger partial charge on any atom is -0.496 e. The Kier molecular flexibility index (Phi) is 6.26. The number of hydrogen-bond donors (Lipinski definition) is 1. The van der Waals surface area contributed by atoms with Gasteiger partial charge in [-0.2, -0.15) is 5.10 Å². The molecule has 28 heavy (non-hydrogen) atoms. The summed E-state index contributed by atoms with van der Waals surface area (Å²) in [5.74, 6) is 0.839. The predicted molar refractivity (Wildman–Crippen MR) is 108 cm³/mol. The van der Waals surface area contributed by atoms with E-state index >= 15 is 0 Å². The van der Waals surface area contributed by atoms with Gasteiger partial charge in [0.1, 0.15) is 18.4 Å². The summed E-state index contributed by atoms with van der Waals surface area (Å²) in [6.07, 6.45) is 3.87. The van der Waals surface area contributed by atoms with Crippen LogP contribution in [0.25, 0.3) is 5.69 Å². The van der Waals surface area contributed by atoms with Crippen molar-refractivity contribution in [1.82, 2.24) is 25.0 Å². The maximum atomic E-state index is 12.5. The van der Waals surface area contributed by atoms with Crippen LogP contribution in [0.3, 0.4) is 0 Å². The van der Waals surface area contributed by atoms with E-state index in [1.54, 1.807) is 30.1 Å². The third-order valence-electron chi connectivity index (χ3n) is 4.82. The van der Waals surface area contributed by atoms with Gasteiger partial charge in [0.2, 0.25) is 0 Å². The second-order valence-electron chi connectivity index (χ2n) is 6.51. The summed E-state index contributed by atoms with van der Waals surface area (Å²) in [6.45, 7) is 2.55. The van der Waals surface area contributed by atoms with E-state index in [-0.39, 0.29) is 12.1 Å². The molecule has 1 N–H and O–H groups in total. The third-order valence-corrected chi connectivity index (χ3v) is 4.82. The van der Waals surface area contributed by atoms with Crippen LogP contribution in [0.4, 0.5) is 4.79 Å². The number of rotatable bonds is 7. The lowest BCUT2D eigenvalue weighted by Crippen LogP contribution is -2.39. The Hall–Kier alpha value is -3.35. The minimum atomic E-state index is -0.109. The lowest BCUT2D eigenvalue weighted by atomic mass is 10.1. The number of hydrogen-bond acceptors (Lipinski definition) is 4. The molecule has 7 heteroatoms. The van der Waals surface area contributed by atoms with Crippen LogP contribution in [0.5, 0.6) is 5.75 Å². The van der Waals surface area contributed by atoms with Crippen molar-refractivity contribution in [3.05, 3.63) is 72.3 Å². The molecule has 0 aliphatic carbocycles. The Labute approximate surface area is 165 Å². The van der Waals surface area contributed by atoms with Gasteiger partial charge in [0.05, 0.1) is 18.8 Å². The topological polar surface area (TPSA) is 72.3 Å². The Morgan fingerprint density at radius 3 is 2.64 bits per heavy atom. The zero-order valence-electron chi connectivity index (χ0n) is 16.4. The van der Waals surface area contributed by atoms with Gasteiger partial charge in [0.15, 0.2) is 0 Å². The molecular weight excluding hydrogens is 354 g/mol. The quantitative estimate of drug-likeness (QED) is 0.684. The summed E-state index contributed by atoms with van der Waals surface area (Å²) in [4.78, 5) is 18.2. The van der Waals surface area contributed by atoms with E-state index in [4.69, 9.17) is 4.74 Å². The molecular formula is C21H25N5O2. The number of benzene rings is 2. The van der Waals surface area contributed by atoms with Gasteiger partial charge in [-0.15, -0.1) is 0 Å². The Morgan fingerprint density at radius 1 is 1.21 bits per heavy atom. The largest absolute Gasteiger partial charge is 0.496 e. The van der Waals surface area contributed by atoms with Crippen molar-refractivity contribution in [3.63, 3.8) is 0 Å². The SMILES string of the molecule is COc1ccccc1CCNC(=O)N(C)C(C)c1ccc(-n2cncn2)cc1. The van der Waals surface area contributed by atoms with Crippen molar-refractivity contribution in [2.24, 2.45) is 0 Å². The first-order valence-corrected chi connectivity index (χ1v) is 9.17. The molecule has 146 valence electrons. The zero-order chi connectivity index (χ0) is 19.9. The molecule has 0 fully saturated rings. The summed E-state index contributed by atoms with van der Waals surface area (Å²) in [5.41, 5.74) is 3.05. The molecule has 1 heterocycles. The number of urea groups is 1. The van der Waals surface area contributed by atoms with E-state index in [1.807, 2.05) is 55.5 Å². The second-order valence-corrected chi connectivity index (χ2v) is 6.51. The van der Waals surface area contributed by atoms with Crippen molar-refractivity contribution < 1.29 is 9.53 Å². The van der Waals surface area contributed by atoms with Crippen LogP contribution in [0.1, 0.15) is 24.1 Å². The number of aromatic nitrogens is 3. The fraction of sp³-hybridized carbons (Fsp3) is 0.286. The molecule has 0 aliphatic rings. The standard InChI is InChI=1S/C21H25N5O2/c1-16(17-8-10-19(11-9-17)26-15-22-14-24-26)25(2)21(27)23-13-12-18-6-4-5-7-20(18)28-3/h4-11,14-16H,12-13H2,1-3H3,(H,23,27). The minimum absolute atomic E-state index is 0.0592. The molecule has 3 aromatic rings. The van der Waals surface area contributed by atoms with Gasteiger partial charge < -0.3 is 15.0 Å². The van der Waals surface area contributed by atoms with Gasteiger partial charge in [0.25, 0.3) is 0 Å². The molecule has 2 amide bonds. The molecule has 3 rings (SSSR count). The van der Waals surface area contributed by atoms with Crippen molar-refractivity contribution in [3.8, 4) is 11.4 Å². The van der Waals surface area contributed by atoms with Crippen LogP contribution >= 0.6 is 0 Å². The molecule has 0 radical (unpaired) electrons. The van der Waals surface area contributed by atoms with Crippen LogP contribution in [0.2, 0.25) is 0 Å². The molecule has 0 aliphatic heterocycles. The van der Waals surface area contributed by atoms with Gasteiger partial charge in [-0.25, -0.2) is 14.5 Å². The number of para-hydroxylation sites is 1. The fourth-order valence-corrected chi connectivity index (χ4v) is 2.98. The fourth-order valence-electron chi connectivity index (χ4n) is 2.98. The highest BCUT2D eigenvalue weighted by atomic mass is 16.5. The number of ether oxygens (including phenoxy) is 1. The monoisotopic (exact) mass is 379 g/mol. The normalized spacial score (nSPS) is 11.7. The van der Waals surface area contributed by atoms with E-state index < -0.39 is 0 Å². The van der Waals surface area contributed by atoms with E-state index in [0.29, 0.717) is 13.0 Å². The maximum Gasteiger partial charge on any atom is 0.317 e. The van der Waals surface area contributed by atoms with Crippen LogP contribution in [0, 0.1) is 0 Å². The first kappa shape index (κ1) is 19.4. The molecule has 0 saturated carbocycles. The van der Waals surface area contributed by atoms with Crippen LogP contribution in [-0.2, 0) is 6.42 Å². The summed E-state index contributed by atoms with van der Waals surface area (Å²) in [7, 11) is 3.45. The molecule has 7 nitrogen and oxygen atoms in total. The third kappa shape index (κ3) is 4.49. The number of amides is 2. The molecule has 1 unspecified atom stereocenters. The Balaban J connectivity index is 1.55. The molecule has 2 aromatic carbocycles. The average Bonchev–Trinajstić information content (AvgIpc) is 3.28. The number of carbonyl (C=O) groups is 1. The summed E-state index contributed by atoms with van der Waals surface area (Å²) in [6, 6.07) is 15.6. The summed E-state index contributed by atoms with van der Waals surface area (Å²) < 4.78 is 7.05. The molecule has 0 spiro atoms. The highest BCUT2D eigenvalue weighted by molar-refractivity contribution is 5.74. The lowest BCUT2D eigenvalue weighted by Gasteiger charge is -2.26. The van der Waals surface area contributed by atoms with Gasteiger partial charge >= 0.3 is 6.03 Å². The first-order valence-electron chi connectivity index (χ1n) is 9.17. The highest BCUT2D eigenvalue weighted by Crippen LogP contribution is 2.21. The number of nitrogens with zero attached hydrogens (tertiary/aromatic N) is 4. The lowest BCUT2D eigenvalue weighted by molar-refractivity contribution is 0.194. The van der Waals surface area contributed by atoms with E-state index in [1.165, 1.54) is 6.33 Å². The van der Waals surface area contributed by atoms with Crippen molar-refractivity contribution in [1.29, 1.82) is 0 Å². The molecule has 1 atom stereocenters. The second kappa shape index (κ2) is 9.03. The highest BCUT2D eigenvalue weighted by Gasteiger charge is 2.17. The number of methoxy groups -OCH3 is 1. The zero-order valence-corrected chi connectivity index (χ0v) is 16.4. The van der Waals surface area contributed by atoms with E-state index in [0.717, 1.165) is 22.6 Å². The Bertz CT molecular complexity index is 893.